The first kappa shape index (κ1) is 16.3. The molecule has 1 rings (SSSR count). The Bertz CT molecular complexity index is 372. The monoisotopic (exact) mass is 291 g/mol. The van der Waals surface area contributed by atoms with Crippen LogP contribution in [0.5, 0.6) is 0 Å². The van der Waals surface area contributed by atoms with Gasteiger partial charge < -0.3 is 18.9 Å². The highest BCUT2D eigenvalue weighted by Gasteiger charge is 2.54. The molecular formula is C11H17NO8. The number of carbonyl (C=O) groups excluding carboxylic acids is 2. The third kappa shape index (κ3) is 3.42. The predicted octanol–water partition coefficient (Wildman–Crippen LogP) is -0.111. The summed E-state index contributed by atoms with van der Waals surface area (Å²) in [7, 11) is 2.28. The largest absolute Gasteiger partial charge is 0.467 e. The zero-order valence-corrected chi connectivity index (χ0v) is 11.5. The van der Waals surface area contributed by atoms with Crippen LogP contribution in [0.3, 0.4) is 0 Å². The van der Waals surface area contributed by atoms with Crippen molar-refractivity contribution in [2.75, 3.05) is 20.8 Å². The minimum atomic E-state index is -1.37. The van der Waals surface area contributed by atoms with Crippen LogP contribution in [-0.2, 0) is 28.5 Å². The summed E-state index contributed by atoms with van der Waals surface area (Å²) in [4.78, 5) is 33.2. The smallest absolute Gasteiger partial charge is 0.338 e. The van der Waals surface area contributed by atoms with Crippen LogP contribution in [0, 0.1) is 10.1 Å². The molecule has 0 amide bonds. The maximum atomic E-state index is 11.6. The van der Waals surface area contributed by atoms with E-state index in [1.165, 1.54) is 0 Å². The summed E-state index contributed by atoms with van der Waals surface area (Å²) in [6, 6.07) is 0. The van der Waals surface area contributed by atoms with Crippen molar-refractivity contribution in [2.45, 2.75) is 37.8 Å². The molecule has 1 aliphatic rings. The summed E-state index contributed by atoms with van der Waals surface area (Å²) in [5, 5.41) is 10.5. The first-order valence-corrected chi connectivity index (χ1v) is 6.02. The third-order valence-corrected chi connectivity index (χ3v) is 3.04. The molecule has 20 heavy (non-hydrogen) atoms. The molecule has 0 aromatic carbocycles. The van der Waals surface area contributed by atoms with Gasteiger partial charge in [0.25, 0.3) is 0 Å². The molecule has 114 valence electrons. The summed E-state index contributed by atoms with van der Waals surface area (Å²) in [5.41, 5.74) is 0. The van der Waals surface area contributed by atoms with E-state index in [1.807, 2.05) is 0 Å². The van der Waals surface area contributed by atoms with Crippen LogP contribution in [0.15, 0.2) is 0 Å². The number of carbonyl (C=O) groups is 2. The van der Waals surface area contributed by atoms with E-state index in [4.69, 9.17) is 9.47 Å². The van der Waals surface area contributed by atoms with Gasteiger partial charge in [0.2, 0.25) is 6.54 Å². The second kappa shape index (κ2) is 6.62. The molecular weight excluding hydrogens is 274 g/mol. The minimum Gasteiger partial charge on any atom is -0.467 e. The molecule has 1 heterocycles. The van der Waals surface area contributed by atoms with Gasteiger partial charge in [-0.2, -0.15) is 0 Å². The van der Waals surface area contributed by atoms with Gasteiger partial charge in [-0.05, 0) is 6.42 Å². The number of nitrogens with zero attached hydrogens (tertiary/aromatic N) is 1. The van der Waals surface area contributed by atoms with Gasteiger partial charge in [-0.1, -0.05) is 6.92 Å². The second-order valence-electron chi connectivity index (χ2n) is 4.19. The van der Waals surface area contributed by atoms with Crippen molar-refractivity contribution in [1.29, 1.82) is 0 Å². The van der Waals surface area contributed by atoms with Gasteiger partial charge in [0, 0.05) is 4.92 Å². The first-order chi connectivity index (χ1) is 9.39. The fourth-order valence-corrected chi connectivity index (χ4v) is 1.91. The van der Waals surface area contributed by atoms with E-state index >= 15 is 0 Å². The summed E-state index contributed by atoms with van der Waals surface area (Å²) >= 11 is 0. The SMILES string of the molecule is CCC1(CC[N+](=O)[O-])O[C@@H](C(=O)OC)[C@H](C(=O)OC)O1. The van der Waals surface area contributed by atoms with Crippen LogP contribution in [0.4, 0.5) is 0 Å². The number of hydrogen-bond donors (Lipinski definition) is 0. The van der Waals surface area contributed by atoms with Crippen molar-refractivity contribution in [2.24, 2.45) is 0 Å². The standard InChI is InChI=1S/C11H17NO8/c1-4-11(5-6-12(15)16)19-7(9(13)17-2)8(20-11)10(14)18-3/h7-8H,4-6H2,1-3H3/t7-,8-/m1/s1. The quantitative estimate of drug-likeness (QED) is 0.378. The van der Waals surface area contributed by atoms with Gasteiger partial charge in [-0.25, -0.2) is 9.59 Å². The summed E-state index contributed by atoms with van der Waals surface area (Å²) in [5.74, 6) is -2.96. The average Bonchev–Trinajstić information content (AvgIpc) is 2.84. The van der Waals surface area contributed by atoms with E-state index in [-0.39, 0.29) is 12.8 Å². The van der Waals surface area contributed by atoms with Crippen molar-refractivity contribution in [3.8, 4) is 0 Å². The Kier molecular flexibility index (Phi) is 5.40. The van der Waals surface area contributed by atoms with Gasteiger partial charge in [0.05, 0.1) is 20.6 Å². The van der Waals surface area contributed by atoms with E-state index in [0.29, 0.717) is 0 Å². The fourth-order valence-electron chi connectivity index (χ4n) is 1.91. The van der Waals surface area contributed by atoms with Crippen molar-refractivity contribution >= 4 is 11.9 Å². The second-order valence-corrected chi connectivity index (χ2v) is 4.19. The molecule has 0 radical (unpaired) electrons. The Hall–Kier alpha value is -1.74. The van der Waals surface area contributed by atoms with E-state index in [9.17, 15) is 19.7 Å². The number of nitro groups is 1. The van der Waals surface area contributed by atoms with Crippen LogP contribution >= 0.6 is 0 Å². The van der Waals surface area contributed by atoms with E-state index < -0.39 is 41.4 Å². The number of rotatable bonds is 6. The zero-order valence-electron chi connectivity index (χ0n) is 11.5. The van der Waals surface area contributed by atoms with Crippen LogP contribution in [0.1, 0.15) is 19.8 Å². The molecule has 0 unspecified atom stereocenters. The van der Waals surface area contributed by atoms with Crippen molar-refractivity contribution in [1.82, 2.24) is 0 Å². The number of hydrogen-bond acceptors (Lipinski definition) is 8. The maximum absolute atomic E-state index is 11.6. The van der Waals surface area contributed by atoms with Crippen LogP contribution in [0.2, 0.25) is 0 Å². The molecule has 9 heteroatoms. The first-order valence-electron chi connectivity index (χ1n) is 6.02. The number of methoxy groups -OCH3 is 2. The Morgan fingerprint density at radius 2 is 1.65 bits per heavy atom. The lowest BCUT2D eigenvalue weighted by molar-refractivity contribution is -0.486. The Balaban J connectivity index is 2.93. The number of esters is 2. The summed E-state index contributed by atoms with van der Waals surface area (Å²) in [6.07, 6.45) is -2.43. The van der Waals surface area contributed by atoms with Crippen molar-refractivity contribution < 1.29 is 33.5 Å². The normalized spacial score (nSPS) is 24.1. The van der Waals surface area contributed by atoms with E-state index in [1.54, 1.807) is 6.92 Å². The summed E-state index contributed by atoms with van der Waals surface area (Å²) < 4.78 is 19.9. The molecule has 0 aromatic rings. The zero-order chi connectivity index (χ0) is 15.3. The van der Waals surface area contributed by atoms with Crippen LogP contribution in [-0.4, -0.2) is 55.6 Å². The average molecular weight is 291 g/mol. The van der Waals surface area contributed by atoms with Crippen LogP contribution < -0.4 is 0 Å². The highest BCUT2D eigenvalue weighted by molar-refractivity contribution is 5.86. The Morgan fingerprint density at radius 3 is 1.95 bits per heavy atom. The van der Waals surface area contributed by atoms with E-state index in [0.717, 1.165) is 14.2 Å². The topological polar surface area (TPSA) is 114 Å². The van der Waals surface area contributed by atoms with Crippen LogP contribution in [0.25, 0.3) is 0 Å². The van der Waals surface area contributed by atoms with Gasteiger partial charge in [0.15, 0.2) is 18.0 Å². The van der Waals surface area contributed by atoms with E-state index in [2.05, 4.69) is 9.47 Å². The third-order valence-electron chi connectivity index (χ3n) is 3.04. The van der Waals surface area contributed by atoms with Gasteiger partial charge >= 0.3 is 11.9 Å². The molecule has 1 fully saturated rings. The van der Waals surface area contributed by atoms with Gasteiger partial charge in [0.1, 0.15) is 0 Å². The molecule has 0 bridgehead atoms. The molecule has 0 N–H and O–H groups in total. The molecule has 0 aromatic heterocycles. The predicted molar refractivity (Wildman–Crippen MR) is 63.3 cm³/mol. The maximum Gasteiger partial charge on any atom is 0.338 e. The molecule has 0 aliphatic carbocycles. The highest BCUT2D eigenvalue weighted by atomic mass is 16.8. The van der Waals surface area contributed by atoms with Crippen molar-refractivity contribution in [3.05, 3.63) is 10.1 Å². The lowest BCUT2D eigenvalue weighted by Crippen LogP contribution is -2.38. The Labute approximate surface area is 115 Å². The minimum absolute atomic E-state index is 0.0858. The molecule has 1 saturated heterocycles. The Morgan fingerprint density at radius 1 is 1.20 bits per heavy atom. The molecule has 0 spiro atoms. The molecule has 0 saturated carbocycles. The molecule has 2 atom stereocenters. The lowest BCUT2D eigenvalue weighted by atomic mass is 10.1. The van der Waals surface area contributed by atoms with Crippen molar-refractivity contribution in [3.63, 3.8) is 0 Å². The summed E-state index contributed by atoms with van der Waals surface area (Å²) in [6.45, 7) is 1.27. The fraction of sp³-hybridized carbons (Fsp3) is 0.818. The molecule has 1 aliphatic heterocycles. The highest BCUT2D eigenvalue weighted by Crippen LogP contribution is 2.35. The van der Waals surface area contributed by atoms with Gasteiger partial charge in [-0.3, -0.25) is 10.1 Å². The van der Waals surface area contributed by atoms with Gasteiger partial charge in [-0.15, -0.1) is 0 Å². The number of ether oxygens (including phenoxy) is 4. The molecule has 9 nitrogen and oxygen atoms in total. The lowest BCUT2D eigenvalue weighted by Gasteiger charge is -2.24.